The van der Waals surface area contributed by atoms with Gasteiger partial charge in [0.2, 0.25) is 0 Å². The molecule has 6 heteroatoms. The molecule has 0 unspecified atom stereocenters. The molecule has 0 bridgehead atoms. The van der Waals surface area contributed by atoms with Crippen molar-refractivity contribution in [2.24, 2.45) is 0 Å². The second kappa shape index (κ2) is 6.51. The molecule has 2 aliphatic heterocycles. The number of carbonyl (C=O) groups excluding carboxylic acids is 1. The first-order valence-electron chi connectivity index (χ1n) is 10.1. The maximum absolute atomic E-state index is 13.1. The van der Waals surface area contributed by atoms with E-state index in [9.17, 15) is 4.79 Å². The Hall–Kier alpha value is -3.02. The van der Waals surface area contributed by atoms with Crippen LogP contribution in [0, 0.1) is 0 Å². The summed E-state index contributed by atoms with van der Waals surface area (Å²) in [6.07, 6.45) is 0. The molecule has 1 aromatic heterocycles. The van der Waals surface area contributed by atoms with E-state index in [0.717, 1.165) is 16.9 Å². The fourth-order valence-electron chi connectivity index (χ4n) is 4.14. The van der Waals surface area contributed by atoms with Crippen LogP contribution in [0.2, 0.25) is 0 Å². The molecule has 3 heterocycles. The third-order valence-electron chi connectivity index (χ3n) is 5.58. The van der Waals surface area contributed by atoms with Crippen LogP contribution in [-0.2, 0) is 5.41 Å². The number of likely N-dealkylation sites (tertiary alicyclic amines) is 1. The number of carbonyl (C=O) groups is 1. The zero-order chi connectivity index (χ0) is 20.2. The van der Waals surface area contributed by atoms with E-state index < -0.39 is 0 Å². The lowest BCUT2D eigenvalue weighted by Crippen LogP contribution is -2.51. The molecule has 0 saturated carbocycles. The van der Waals surface area contributed by atoms with Gasteiger partial charge in [0.05, 0.1) is 22.6 Å². The van der Waals surface area contributed by atoms with Gasteiger partial charge in [-0.25, -0.2) is 4.98 Å². The average Bonchev–Trinajstić information content (AvgIpc) is 3.06. The Labute approximate surface area is 170 Å². The molecule has 0 spiro atoms. The summed E-state index contributed by atoms with van der Waals surface area (Å²) >= 11 is 0. The second-order valence-corrected chi connectivity index (χ2v) is 8.74. The summed E-state index contributed by atoms with van der Waals surface area (Å²) in [6, 6.07) is 14.0. The van der Waals surface area contributed by atoms with Gasteiger partial charge in [-0.05, 0) is 24.3 Å². The van der Waals surface area contributed by atoms with Crippen molar-refractivity contribution >= 4 is 16.9 Å². The highest BCUT2D eigenvalue weighted by atomic mass is 16.6. The highest BCUT2D eigenvalue weighted by molar-refractivity contribution is 5.98. The van der Waals surface area contributed by atoms with Crippen LogP contribution in [0.25, 0.3) is 11.0 Å². The predicted molar refractivity (Wildman–Crippen MR) is 111 cm³/mol. The molecule has 6 nitrogen and oxygen atoms in total. The summed E-state index contributed by atoms with van der Waals surface area (Å²) in [5, 5.41) is 0. The van der Waals surface area contributed by atoms with Gasteiger partial charge >= 0.3 is 0 Å². The number of para-hydroxylation sites is 3. The third-order valence-corrected chi connectivity index (χ3v) is 5.58. The molecule has 2 aliphatic rings. The Bertz CT molecular complexity index is 1090. The van der Waals surface area contributed by atoms with Crippen LogP contribution in [0.3, 0.4) is 0 Å². The monoisotopic (exact) mass is 391 g/mol. The zero-order valence-electron chi connectivity index (χ0n) is 17.0. The Balaban J connectivity index is 1.43. The Morgan fingerprint density at radius 1 is 1.03 bits per heavy atom. The molecule has 0 atom stereocenters. The van der Waals surface area contributed by atoms with Gasteiger partial charge in [-0.15, -0.1) is 0 Å². The van der Waals surface area contributed by atoms with Crippen LogP contribution in [0.1, 0.15) is 43.0 Å². The maximum Gasteiger partial charge on any atom is 0.257 e. The number of nitrogens with zero attached hydrogens (tertiary/aromatic N) is 3. The molecule has 3 aromatic rings. The van der Waals surface area contributed by atoms with Gasteiger partial charge in [-0.2, -0.15) is 0 Å². The van der Waals surface area contributed by atoms with Crippen molar-refractivity contribution in [3.63, 3.8) is 0 Å². The van der Waals surface area contributed by atoms with Crippen molar-refractivity contribution in [1.82, 2.24) is 14.5 Å². The quantitative estimate of drug-likeness (QED) is 0.667. The molecule has 0 aliphatic carbocycles. The van der Waals surface area contributed by atoms with E-state index >= 15 is 0 Å². The number of ether oxygens (including phenoxy) is 2. The molecule has 1 saturated heterocycles. The summed E-state index contributed by atoms with van der Waals surface area (Å²) in [7, 11) is 0. The number of rotatable bonds is 2. The first kappa shape index (κ1) is 18.0. The van der Waals surface area contributed by atoms with E-state index in [1.165, 1.54) is 0 Å². The van der Waals surface area contributed by atoms with Gasteiger partial charge in [-0.1, -0.05) is 39.0 Å². The summed E-state index contributed by atoms with van der Waals surface area (Å²) in [5.41, 5.74) is 2.63. The van der Waals surface area contributed by atoms with Gasteiger partial charge in [0, 0.05) is 18.5 Å². The van der Waals surface area contributed by atoms with Crippen molar-refractivity contribution in [3.8, 4) is 11.5 Å². The van der Waals surface area contributed by atoms with Gasteiger partial charge in [0.25, 0.3) is 5.91 Å². The molecule has 0 N–H and O–H groups in total. The lowest BCUT2D eigenvalue weighted by atomic mass is 9.94. The molecule has 150 valence electrons. The number of amides is 1. The van der Waals surface area contributed by atoms with E-state index in [0.29, 0.717) is 43.4 Å². The SMILES string of the molecule is CC(C)(C)c1nc2ccccc2n1C1CN(C(=O)c2cccc3c2OCCO3)C1. The predicted octanol–water partition coefficient (Wildman–Crippen LogP) is 3.80. The smallest absolute Gasteiger partial charge is 0.257 e. The molecule has 1 amide bonds. The highest BCUT2D eigenvalue weighted by Crippen LogP contribution is 2.37. The van der Waals surface area contributed by atoms with Crippen LogP contribution >= 0.6 is 0 Å². The largest absolute Gasteiger partial charge is 0.486 e. The summed E-state index contributed by atoms with van der Waals surface area (Å²) in [6.45, 7) is 8.84. The minimum atomic E-state index is -0.0763. The average molecular weight is 391 g/mol. The van der Waals surface area contributed by atoms with E-state index in [1.54, 1.807) is 0 Å². The molecular formula is C23H25N3O3. The van der Waals surface area contributed by atoms with Crippen molar-refractivity contribution in [2.45, 2.75) is 32.2 Å². The van der Waals surface area contributed by atoms with E-state index in [4.69, 9.17) is 14.5 Å². The van der Waals surface area contributed by atoms with E-state index in [1.807, 2.05) is 35.2 Å². The topological polar surface area (TPSA) is 56.6 Å². The molecule has 2 aromatic carbocycles. The normalized spacial score (nSPS) is 16.7. The number of fused-ring (bicyclic) bond motifs is 2. The summed E-state index contributed by atoms with van der Waals surface area (Å²) in [4.78, 5) is 19.9. The first-order chi connectivity index (χ1) is 13.9. The van der Waals surface area contributed by atoms with Crippen molar-refractivity contribution in [3.05, 3.63) is 53.9 Å². The van der Waals surface area contributed by atoms with Gasteiger partial charge in [-0.3, -0.25) is 4.79 Å². The summed E-state index contributed by atoms with van der Waals surface area (Å²) in [5.74, 6) is 2.26. The Morgan fingerprint density at radius 3 is 2.59 bits per heavy atom. The standard InChI is InChI=1S/C23H25N3O3/c1-23(2,3)22-24-17-8-4-5-9-18(17)26(22)15-13-25(14-15)21(27)16-7-6-10-19-20(16)29-12-11-28-19/h4-10,15H,11-14H2,1-3H3. The van der Waals surface area contributed by atoms with Crippen molar-refractivity contribution in [1.29, 1.82) is 0 Å². The lowest BCUT2D eigenvalue weighted by molar-refractivity contribution is 0.0510. The van der Waals surface area contributed by atoms with Crippen molar-refractivity contribution < 1.29 is 14.3 Å². The molecule has 5 rings (SSSR count). The minimum absolute atomic E-state index is 0.00895. The number of hydrogen-bond donors (Lipinski definition) is 0. The van der Waals surface area contributed by atoms with Crippen molar-refractivity contribution in [2.75, 3.05) is 26.3 Å². The second-order valence-electron chi connectivity index (χ2n) is 8.74. The van der Waals surface area contributed by atoms with Crippen LogP contribution in [0.5, 0.6) is 11.5 Å². The Morgan fingerprint density at radius 2 is 1.79 bits per heavy atom. The number of hydrogen-bond acceptors (Lipinski definition) is 4. The summed E-state index contributed by atoms with van der Waals surface area (Å²) < 4.78 is 13.7. The van der Waals surface area contributed by atoms with Gasteiger partial charge < -0.3 is 18.9 Å². The molecule has 1 fully saturated rings. The molecule has 29 heavy (non-hydrogen) atoms. The fourth-order valence-corrected chi connectivity index (χ4v) is 4.14. The zero-order valence-corrected chi connectivity index (χ0v) is 17.0. The number of imidazole rings is 1. The highest BCUT2D eigenvalue weighted by Gasteiger charge is 2.37. The van der Waals surface area contributed by atoms with E-state index in [2.05, 4.69) is 37.5 Å². The van der Waals surface area contributed by atoms with Crippen LogP contribution in [0.4, 0.5) is 0 Å². The molecule has 0 radical (unpaired) electrons. The van der Waals surface area contributed by atoms with Gasteiger partial charge in [0.15, 0.2) is 11.5 Å². The number of benzene rings is 2. The lowest BCUT2D eigenvalue weighted by Gasteiger charge is -2.42. The molecular weight excluding hydrogens is 366 g/mol. The van der Waals surface area contributed by atoms with Crippen LogP contribution < -0.4 is 9.47 Å². The third kappa shape index (κ3) is 2.94. The first-order valence-corrected chi connectivity index (χ1v) is 10.1. The Kier molecular flexibility index (Phi) is 4.05. The number of aromatic nitrogens is 2. The fraction of sp³-hybridized carbons (Fsp3) is 0.391. The van der Waals surface area contributed by atoms with Crippen LogP contribution in [-0.4, -0.2) is 46.7 Å². The van der Waals surface area contributed by atoms with Gasteiger partial charge in [0.1, 0.15) is 19.0 Å². The maximum atomic E-state index is 13.1. The minimum Gasteiger partial charge on any atom is -0.486 e. The van der Waals surface area contributed by atoms with E-state index in [-0.39, 0.29) is 17.4 Å². The van der Waals surface area contributed by atoms with Crippen LogP contribution in [0.15, 0.2) is 42.5 Å².